The van der Waals surface area contributed by atoms with Crippen LogP contribution in [-0.2, 0) is 16.4 Å². The first kappa shape index (κ1) is 21.6. The molecule has 0 atom stereocenters. The fourth-order valence-electron chi connectivity index (χ4n) is 3.52. The smallest absolute Gasteiger partial charge is 0.240 e. The summed E-state index contributed by atoms with van der Waals surface area (Å²) in [5, 5.41) is 0. The van der Waals surface area contributed by atoms with Gasteiger partial charge in [-0.15, -0.1) is 0 Å². The number of sulfonamides is 1. The molecule has 7 heteroatoms. The normalized spacial score (nSPS) is 15.4. The van der Waals surface area contributed by atoms with Crippen LogP contribution in [0, 0.1) is 0 Å². The van der Waals surface area contributed by atoms with E-state index < -0.39 is 10.0 Å². The Morgan fingerprint density at radius 1 is 0.966 bits per heavy atom. The molecule has 29 heavy (non-hydrogen) atoms. The lowest BCUT2D eigenvalue weighted by molar-refractivity contribution is 0.255. The van der Waals surface area contributed by atoms with Gasteiger partial charge in [-0.2, -0.15) is 0 Å². The molecule has 0 amide bonds. The number of nitrogens with zero attached hydrogens (tertiary/aromatic N) is 2. The largest absolute Gasteiger partial charge is 0.497 e. The number of nitrogens with one attached hydrogen (secondary N) is 1. The highest BCUT2D eigenvalue weighted by Gasteiger charge is 2.18. The number of hydrogen-bond acceptors (Lipinski definition) is 5. The summed E-state index contributed by atoms with van der Waals surface area (Å²) in [6.07, 6.45) is 1.70. The van der Waals surface area contributed by atoms with E-state index in [0.29, 0.717) is 11.4 Å². The van der Waals surface area contributed by atoms with Crippen molar-refractivity contribution in [3.05, 3.63) is 54.1 Å². The SMILES string of the molecule is CCc1ccc(S(=O)(=O)NCCCN2CCN(c3ccc(OC)cc3)CC2)cc1. The number of ether oxygens (including phenoxy) is 1. The Morgan fingerprint density at radius 3 is 2.21 bits per heavy atom. The molecule has 2 aromatic carbocycles. The molecule has 6 nitrogen and oxygen atoms in total. The maximum Gasteiger partial charge on any atom is 0.240 e. The van der Waals surface area contributed by atoms with Crippen molar-refractivity contribution in [2.45, 2.75) is 24.7 Å². The van der Waals surface area contributed by atoms with Crippen molar-refractivity contribution in [1.82, 2.24) is 9.62 Å². The second kappa shape index (κ2) is 10.1. The highest BCUT2D eigenvalue weighted by atomic mass is 32.2. The van der Waals surface area contributed by atoms with Gasteiger partial charge in [-0.3, -0.25) is 4.90 Å². The summed E-state index contributed by atoms with van der Waals surface area (Å²) in [5.41, 5.74) is 2.35. The van der Waals surface area contributed by atoms with Gasteiger partial charge in [0.25, 0.3) is 0 Å². The molecule has 1 fully saturated rings. The van der Waals surface area contributed by atoms with Gasteiger partial charge in [-0.1, -0.05) is 19.1 Å². The average molecular weight is 418 g/mol. The van der Waals surface area contributed by atoms with E-state index in [1.165, 1.54) is 5.69 Å². The van der Waals surface area contributed by atoms with E-state index in [1.807, 2.05) is 24.3 Å². The Balaban J connectivity index is 1.39. The van der Waals surface area contributed by atoms with E-state index in [9.17, 15) is 8.42 Å². The number of aryl methyl sites for hydroxylation is 1. The topological polar surface area (TPSA) is 61.9 Å². The van der Waals surface area contributed by atoms with Crippen LogP contribution in [0.4, 0.5) is 5.69 Å². The molecule has 1 heterocycles. The maximum absolute atomic E-state index is 12.4. The molecule has 0 aromatic heterocycles. The molecule has 0 spiro atoms. The minimum absolute atomic E-state index is 0.336. The first-order valence-corrected chi connectivity index (χ1v) is 11.7. The van der Waals surface area contributed by atoms with Gasteiger partial charge in [0.15, 0.2) is 0 Å². The lowest BCUT2D eigenvalue weighted by Crippen LogP contribution is -2.47. The van der Waals surface area contributed by atoms with E-state index in [4.69, 9.17) is 4.74 Å². The third kappa shape index (κ3) is 5.95. The van der Waals surface area contributed by atoms with Crippen molar-refractivity contribution in [2.75, 3.05) is 51.3 Å². The van der Waals surface area contributed by atoms with Crippen molar-refractivity contribution in [1.29, 1.82) is 0 Å². The van der Waals surface area contributed by atoms with Crippen molar-refractivity contribution in [2.24, 2.45) is 0 Å². The molecular weight excluding hydrogens is 386 g/mol. The number of anilines is 1. The highest BCUT2D eigenvalue weighted by Crippen LogP contribution is 2.20. The molecule has 0 radical (unpaired) electrons. The number of rotatable bonds is 9. The summed E-state index contributed by atoms with van der Waals surface area (Å²) in [7, 11) is -1.75. The summed E-state index contributed by atoms with van der Waals surface area (Å²) in [4.78, 5) is 5.10. The van der Waals surface area contributed by atoms with Crippen LogP contribution < -0.4 is 14.4 Å². The van der Waals surface area contributed by atoms with Crippen LogP contribution in [0.1, 0.15) is 18.9 Å². The molecular formula is C22H31N3O3S. The molecule has 158 valence electrons. The first-order valence-electron chi connectivity index (χ1n) is 10.2. The van der Waals surface area contributed by atoms with Gasteiger partial charge in [0, 0.05) is 38.4 Å². The lowest BCUT2D eigenvalue weighted by atomic mass is 10.2. The third-order valence-electron chi connectivity index (χ3n) is 5.39. The average Bonchev–Trinajstić information content (AvgIpc) is 2.77. The second-order valence-electron chi connectivity index (χ2n) is 7.28. The quantitative estimate of drug-likeness (QED) is 0.636. The van der Waals surface area contributed by atoms with Gasteiger partial charge >= 0.3 is 0 Å². The van der Waals surface area contributed by atoms with Crippen LogP contribution in [0.5, 0.6) is 5.75 Å². The molecule has 0 aliphatic carbocycles. The Labute approximate surface area is 174 Å². The van der Waals surface area contributed by atoms with E-state index in [1.54, 1.807) is 19.2 Å². The van der Waals surface area contributed by atoms with Gasteiger partial charge in [0.1, 0.15) is 5.75 Å². The summed E-state index contributed by atoms with van der Waals surface area (Å²) in [6, 6.07) is 15.3. The van der Waals surface area contributed by atoms with E-state index in [2.05, 4.69) is 33.6 Å². The highest BCUT2D eigenvalue weighted by molar-refractivity contribution is 7.89. The van der Waals surface area contributed by atoms with Crippen LogP contribution in [-0.4, -0.2) is 59.7 Å². The molecule has 1 saturated heterocycles. The first-order chi connectivity index (χ1) is 14.0. The number of methoxy groups -OCH3 is 1. The summed E-state index contributed by atoms with van der Waals surface area (Å²) >= 11 is 0. The Kier molecular flexibility index (Phi) is 7.52. The summed E-state index contributed by atoms with van der Waals surface area (Å²) < 4.78 is 32.7. The van der Waals surface area contributed by atoms with Crippen molar-refractivity contribution in [3.8, 4) is 5.75 Å². The van der Waals surface area contributed by atoms with Crippen LogP contribution in [0.25, 0.3) is 0 Å². The van der Waals surface area contributed by atoms with E-state index >= 15 is 0 Å². The van der Waals surface area contributed by atoms with E-state index in [0.717, 1.165) is 56.9 Å². The summed E-state index contributed by atoms with van der Waals surface area (Å²) in [5.74, 6) is 0.871. The van der Waals surface area contributed by atoms with E-state index in [-0.39, 0.29) is 0 Å². The monoisotopic (exact) mass is 417 g/mol. The van der Waals surface area contributed by atoms with Crippen molar-refractivity contribution >= 4 is 15.7 Å². The molecule has 3 rings (SSSR count). The molecule has 0 bridgehead atoms. The summed E-state index contributed by atoms with van der Waals surface area (Å²) in [6.45, 7) is 7.32. The number of benzene rings is 2. The fourth-order valence-corrected chi connectivity index (χ4v) is 4.59. The van der Waals surface area contributed by atoms with Crippen LogP contribution in [0.3, 0.4) is 0 Å². The zero-order valence-electron chi connectivity index (χ0n) is 17.3. The van der Waals surface area contributed by atoms with Gasteiger partial charge < -0.3 is 9.64 Å². The molecule has 0 unspecified atom stereocenters. The molecule has 1 N–H and O–H groups in total. The van der Waals surface area contributed by atoms with Gasteiger partial charge in [-0.05, 0) is 61.3 Å². The predicted octanol–water partition coefficient (Wildman–Crippen LogP) is 2.75. The molecule has 2 aromatic rings. The number of hydrogen-bond donors (Lipinski definition) is 1. The number of piperazine rings is 1. The van der Waals surface area contributed by atoms with Gasteiger partial charge in [0.05, 0.1) is 12.0 Å². The predicted molar refractivity (Wildman–Crippen MR) is 117 cm³/mol. The molecule has 1 aliphatic heterocycles. The minimum atomic E-state index is -3.43. The Morgan fingerprint density at radius 2 is 1.62 bits per heavy atom. The molecule has 1 aliphatic rings. The van der Waals surface area contributed by atoms with Crippen LogP contribution >= 0.6 is 0 Å². The van der Waals surface area contributed by atoms with Gasteiger partial charge in [-0.25, -0.2) is 13.1 Å². The zero-order chi connectivity index (χ0) is 20.7. The Hall–Kier alpha value is -2.09. The molecule has 0 saturated carbocycles. The lowest BCUT2D eigenvalue weighted by Gasteiger charge is -2.36. The van der Waals surface area contributed by atoms with Crippen molar-refractivity contribution in [3.63, 3.8) is 0 Å². The fraction of sp³-hybridized carbons (Fsp3) is 0.455. The minimum Gasteiger partial charge on any atom is -0.497 e. The van der Waals surface area contributed by atoms with Crippen LogP contribution in [0.15, 0.2) is 53.4 Å². The maximum atomic E-state index is 12.4. The van der Waals surface area contributed by atoms with Crippen molar-refractivity contribution < 1.29 is 13.2 Å². The third-order valence-corrected chi connectivity index (χ3v) is 6.87. The standard InChI is InChI=1S/C22H31N3O3S/c1-3-19-5-11-22(12-6-19)29(26,27)23-13-4-14-24-15-17-25(18-16-24)20-7-9-21(28-2)10-8-20/h5-12,23H,3-4,13-18H2,1-2H3. The zero-order valence-corrected chi connectivity index (χ0v) is 18.1. The second-order valence-corrected chi connectivity index (χ2v) is 9.04. The van der Waals surface area contributed by atoms with Crippen LogP contribution in [0.2, 0.25) is 0 Å². The Bertz CT molecular complexity index is 859. The van der Waals surface area contributed by atoms with Gasteiger partial charge in [0.2, 0.25) is 10.0 Å².